The number of ether oxygens (including phenoxy) is 2. The van der Waals surface area contributed by atoms with Crippen LogP contribution in [0.25, 0.3) is 11.1 Å². The van der Waals surface area contributed by atoms with E-state index in [0.29, 0.717) is 22.7 Å². The number of hydrogen-bond donors (Lipinski definition) is 1. The number of benzene rings is 3. The van der Waals surface area contributed by atoms with E-state index >= 15 is 0 Å². The minimum atomic E-state index is -0.159. The molecule has 0 unspecified atom stereocenters. The van der Waals surface area contributed by atoms with Crippen LogP contribution in [0.1, 0.15) is 10.4 Å². The number of nitrogens with one attached hydrogen (secondary N) is 1. The van der Waals surface area contributed by atoms with Gasteiger partial charge in [0.05, 0.1) is 0 Å². The molecule has 4 nitrogen and oxygen atoms in total. The third-order valence-electron chi connectivity index (χ3n) is 3.88. The second-order valence-corrected chi connectivity index (χ2v) is 5.47. The lowest BCUT2D eigenvalue weighted by atomic mass is 10.0. The van der Waals surface area contributed by atoms with Gasteiger partial charge in [0.1, 0.15) is 0 Å². The Balaban J connectivity index is 1.50. The van der Waals surface area contributed by atoms with Crippen molar-refractivity contribution in [2.24, 2.45) is 0 Å². The maximum absolute atomic E-state index is 12.4. The Bertz CT molecular complexity index is 873. The number of carbonyl (C=O) groups excluding carboxylic acids is 1. The van der Waals surface area contributed by atoms with E-state index in [4.69, 9.17) is 9.47 Å². The van der Waals surface area contributed by atoms with E-state index in [9.17, 15) is 4.79 Å². The summed E-state index contributed by atoms with van der Waals surface area (Å²) in [5, 5.41) is 2.87. The van der Waals surface area contributed by atoms with E-state index in [1.807, 2.05) is 54.6 Å². The summed E-state index contributed by atoms with van der Waals surface area (Å²) in [6.45, 7) is 0.216. The molecule has 24 heavy (non-hydrogen) atoms. The van der Waals surface area contributed by atoms with Gasteiger partial charge < -0.3 is 14.8 Å². The molecule has 1 aliphatic heterocycles. The molecule has 0 aromatic heterocycles. The molecular formula is C20H15NO3. The van der Waals surface area contributed by atoms with Crippen LogP contribution in [0.5, 0.6) is 11.5 Å². The Morgan fingerprint density at radius 1 is 0.792 bits per heavy atom. The van der Waals surface area contributed by atoms with Crippen LogP contribution in [-0.4, -0.2) is 12.7 Å². The zero-order chi connectivity index (χ0) is 16.4. The molecule has 0 saturated heterocycles. The number of hydrogen-bond acceptors (Lipinski definition) is 3. The number of carbonyl (C=O) groups is 1. The van der Waals surface area contributed by atoms with Gasteiger partial charge in [0, 0.05) is 17.3 Å². The monoisotopic (exact) mass is 317 g/mol. The van der Waals surface area contributed by atoms with Crippen molar-refractivity contribution < 1.29 is 14.3 Å². The van der Waals surface area contributed by atoms with Gasteiger partial charge >= 0.3 is 0 Å². The summed E-state index contributed by atoms with van der Waals surface area (Å²) in [6.07, 6.45) is 0. The number of anilines is 1. The minimum Gasteiger partial charge on any atom is -0.454 e. The fraction of sp³-hybridized carbons (Fsp3) is 0.0500. The van der Waals surface area contributed by atoms with Gasteiger partial charge in [-0.2, -0.15) is 0 Å². The van der Waals surface area contributed by atoms with Crippen molar-refractivity contribution >= 4 is 11.6 Å². The standard InChI is InChI=1S/C20H15NO3/c22-20(21-17-10-11-18-19(12-17)24-13-23-18)16-8-6-15(7-9-16)14-4-2-1-3-5-14/h1-12H,13H2,(H,21,22). The molecule has 118 valence electrons. The van der Waals surface area contributed by atoms with Gasteiger partial charge in [-0.1, -0.05) is 42.5 Å². The molecule has 0 bridgehead atoms. The molecule has 1 amide bonds. The molecule has 0 radical (unpaired) electrons. The summed E-state index contributed by atoms with van der Waals surface area (Å²) < 4.78 is 10.6. The molecule has 1 heterocycles. The molecule has 1 N–H and O–H groups in total. The van der Waals surface area contributed by atoms with Crippen LogP contribution in [0.2, 0.25) is 0 Å². The highest BCUT2D eigenvalue weighted by Gasteiger charge is 2.14. The fourth-order valence-electron chi connectivity index (χ4n) is 2.62. The maximum Gasteiger partial charge on any atom is 0.255 e. The fourth-order valence-corrected chi connectivity index (χ4v) is 2.62. The first-order chi connectivity index (χ1) is 11.8. The number of amides is 1. The van der Waals surface area contributed by atoms with Crippen molar-refractivity contribution in [3.63, 3.8) is 0 Å². The van der Waals surface area contributed by atoms with Crippen molar-refractivity contribution in [2.45, 2.75) is 0 Å². The molecule has 1 aliphatic rings. The topological polar surface area (TPSA) is 47.6 Å². The molecule has 0 aliphatic carbocycles. The van der Waals surface area contributed by atoms with Crippen LogP contribution in [0, 0.1) is 0 Å². The molecule has 3 aromatic carbocycles. The maximum atomic E-state index is 12.4. The summed E-state index contributed by atoms with van der Waals surface area (Å²) in [4.78, 5) is 12.4. The number of rotatable bonds is 3. The van der Waals surface area contributed by atoms with Gasteiger partial charge in [-0.15, -0.1) is 0 Å². The summed E-state index contributed by atoms with van der Waals surface area (Å²) in [5.41, 5.74) is 3.49. The van der Waals surface area contributed by atoms with Gasteiger partial charge in [-0.05, 0) is 35.4 Å². The zero-order valence-electron chi connectivity index (χ0n) is 12.9. The first kappa shape index (κ1) is 14.3. The van der Waals surface area contributed by atoms with Gasteiger partial charge in [0.2, 0.25) is 6.79 Å². The minimum absolute atomic E-state index is 0.159. The lowest BCUT2D eigenvalue weighted by Gasteiger charge is -2.07. The summed E-state index contributed by atoms with van der Waals surface area (Å²) in [6, 6.07) is 23.0. The molecule has 0 saturated carbocycles. The van der Waals surface area contributed by atoms with Crippen LogP contribution in [0.3, 0.4) is 0 Å². The van der Waals surface area contributed by atoms with Crippen LogP contribution in [0.15, 0.2) is 72.8 Å². The Morgan fingerprint density at radius 3 is 2.29 bits per heavy atom. The lowest BCUT2D eigenvalue weighted by molar-refractivity contribution is 0.102. The first-order valence-corrected chi connectivity index (χ1v) is 7.66. The summed E-state index contributed by atoms with van der Waals surface area (Å²) in [7, 11) is 0. The van der Waals surface area contributed by atoms with E-state index in [1.165, 1.54) is 0 Å². The van der Waals surface area contributed by atoms with Crippen LogP contribution < -0.4 is 14.8 Å². The van der Waals surface area contributed by atoms with Crippen molar-refractivity contribution in [1.29, 1.82) is 0 Å². The van der Waals surface area contributed by atoms with Gasteiger partial charge in [0.15, 0.2) is 11.5 Å². The zero-order valence-corrected chi connectivity index (χ0v) is 12.9. The quantitative estimate of drug-likeness (QED) is 0.782. The van der Waals surface area contributed by atoms with E-state index in [-0.39, 0.29) is 12.7 Å². The molecule has 0 atom stereocenters. The molecule has 4 heteroatoms. The van der Waals surface area contributed by atoms with Crippen molar-refractivity contribution in [1.82, 2.24) is 0 Å². The molecule has 0 spiro atoms. The third-order valence-corrected chi connectivity index (χ3v) is 3.88. The number of fused-ring (bicyclic) bond motifs is 1. The van der Waals surface area contributed by atoms with Gasteiger partial charge in [0.25, 0.3) is 5.91 Å². The Kier molecular flexibility index (Phi) is 3.63. The van der Waals surface area contributed by atoms with E-state index in [0.717, 1.165) is 11.1 Å². The molecule has 4 rings (SSSR count). The van der Waals surface area contributed by atoms with Crippen LogP contribution in [-0.2, 0) is 0 Å². The predicted octanol–water partition coefficient (Wildman–Crippen LogP) is 4.33. The second kappa shape index (κ2) is 6.08. The highest BCUT2D eigenvalue weighted by Crippen LogP contribution is 2.34. The Hall–Kier alpha value is -3.27. The molecule has 0 fully saturated rings. The average molecular weight is 317 g/mol. The van der Waals surface area contributed by atoms with Crippen molar-refractivity contribution in [3.05, 3.63) is 78.4 Å². The largest absolute Gasteiger partial charge is 0.454 e. The average Bonchev–Trinajstić information content (AvgIpc) is 3.10. The smallest absolute Gasteiger partial charge is 0.255 e. The van der Waals surface area contributed by atoms with Gasteiger partial charge in [-0.25, -0.2) is 0 Å². The Morgan fingerprint density at radius 2 is 1.50 bits per heavy atom. The van der Waals surface area contributed by atoms with E-state index in [2.05, 4.69) is 5.32 Å². The highest BCUT2D eigenvalue weighted by molar-refractivity contribution is 6.04. The van der Waals surface area contributed by atoms with Crippen LogP contribution in [0.4, 0.5) is 5.69 Å². The second-order valence-electron chi connectivity index (χ2n) is 5.47. The highest BCUT2D eigenvalue weighted by atomic mass is 16.7. The summed E-state index contributed by atoms with van der Waals surface area (Å²) >= 11 is 0. The summed E-state index contributed by atoms with van der Waals surface area (Å²) in [5.74, 6) is 1.18. The SMILES string of the molecule is O=C(Nc1ccc2c(c1)OCO2)c1ccc(-c2ccccc2)cc1. The van der Waals surface area contributed by atoms with Crippen molar-refractivity contribution in [3.8, 4) is 22.6 Å². The Labute approximate surface area is 139 Å². The van der Waals surface area contributed by atoms with E-state index < -0.39 is 0 Å². The van der Waals surface area contributed by atoms with Crippen LogP contribution >= 0.6 is 0 Å². The first-order valence-electron chi connectivity index (χ1n) is 7.66. The molecular weight excluding hydrogens is 302 g/mol. The third kappa shape index (κ3) is 2.82. The van der Waals surface area contributed by atoms with E-state index in [1.54, 1.807) is 18.2 Å². The normalized spacial score (nSPS) is 12.0. The van der Waals surface area contributed by atoms with Gasteiger partial charge in [-0.3, -0.25) is 4.79 Å². The lowest BCUT2D eigenvalue weighted by Crippen LogP contribution is -2.11. The predicted molar refractivity (Wildman–Crippen MR) is 92.4 cm³/mol. The van der Waals surface area contributed by atoms with Crippen molar-refractivity contribution in [2.75, 3.05) is 12.1 Å². The molecule has 3 aromatic rings.